The lowest BCUT2D eigenvalue weighted by Crippen LogP contribution is -2.29. The highest BCUT2D eigenvalue weighted by Crippen LogP contribution is 2.29. The summed E-state index contributed by atoms with van der Waals surface area (Å²) in [4.78, 5) is 9.16. The zero-order valence-corrected chi connectivity index (χ0v) is 10.6. The van der Waals surface area contributed by atoms with Crippen molar-refractivity contribution < 1.29 is 18.3 Å². The van der Waals surface area contributed by atoms with Gasteiger partial charge in [0.2, 0.25) is 5.95 Å². The molecule has 1 fully saturated rings. The van der Waals surface area contributed by atoms with Crippen LogP contribution in [0.3, 0.4) is 0 Å². The number of halogens is 3. The molecule has 1 atom stereocenters. The lowest BCUT2D eigenvalue weighted by Gasteiger charge is -2.22. The van der Waals surface area contributed by atoms with Crippen molar-refractivity contribution in [1.29, 1.82) is 0 Å². The first-order valence-corrected chi connectivity index (χ1v) is 6.15. The van der Waals surface area contributed by atoms with Crippen LogP contribution < -0.4 is 4.90 Å². The van der Waals surface area contributed by atoms with Crippen LogP contribution in [0.1, 0.15) is 31.9 Å². The molecule has 2 rings (SSSR count). The number of hydrogen-bond acceptors (Lipinski definition) is 4. The van der Waals surface area contributed by atoms with Crippen LogP contribution in [0, 0.1) is 0 Å². The van der Waals surface area contributed by atoms with Gasteiger partial charge in [-0.2, -0.15) is 13.2 Å². The van der Waals surface area contributed by atoms with E-state index in [4.69, 9.17) is 0 Å². The summed E-state index contributed by atoms with van der Waals surface area (Å²) in [5, 5.41) is 9.96. The molecule has 1 N–H and O–H groups in total. The molecule has 4 nitrogen and oxygen atoms in total. The van der Waals surface area contributed by atoms with Crippen molar-refractivity contribution in [2.75, 3.05) is 18.0 Å². The predicted octanol–water partition coefficient (Wildman–Crippen LogP) is 2.24. The lowest BCUT2D eigenvalue weighted by molar-refractivity contribution is -0.141. The standard InChI is InChI=1S/C12H16F3N3O/c1-11(19)4-2-7-18(8-5-11)10-16-6-3-9(17-10)12(13,14)15/h3,6,19H,2,4-5,7-8H2,1H3. The Labute approximate surface area is 109 Å². The zero-order valence-electron chi connectivity index (χ0n) is 10.6. The van der Waals surface area contributed by atoms with Crippen LogP contribution in [-0.2, 0) is 6.18 Å². The van der Waals surface area contributed by atoms with E-state index in [2.05, 4.69) is 9.97 Å². The highest BCUT2D eigenvalue weighted by molar-refractivity contribution is 5.31. The maximum absolute atomic E-state index is 12.6. The average molecular weight is 275 g/mol. The molecule has 0 spiro atoms. The number of aromatic nitrogens is 2. The molecule has 0 bridgehead atoms. The summed E-state index contributed by atoms with van der Waals surface area (Å²) in [6, 6.07) is 0.859. The number of aliphatic hydroxyl groups is 1. The molecular formula is C12H16F3N3O. The third-order valence-corrected chi connectivity index (χ3v) is 3.28. The molecule has 106 valence electrons. The second-order valence-corrected chi connectivity index (χ2v) is 5.08. The molecule has 0 amide bonds. The van der Waals surface area contributed by atoms with Crippen LogP contribution in [0.5, 0.6) is 0 Å². The Balaban J connectivity index is 2.18. The van der Waals surface area contributed by atoms with Gasteiger partial charge in [-0.3, -0.25) is 0 Å². The summed E-state index contributed by atoms with van der Waals surface area (Å²) in [7, 11) is 0. The summed E-state index contributed by atoms with van der Waals surface area (Å²) in [6.07, 6.45) is -1.52. The second-order valence-electron chi connectivity index (χ2n) is 5.08. The minimum Gasteiger partial charge on any atom is -0.390 e. The van der Waals surface area contributed by atoms with E-state index in [1.807, 2.05) is 0 Å². The molecule has 1 saturated heterocycles. The Morgan fingerprint density at radius 2 is 2.05 bits per heavy atom. The van der Waals surface area contributed by atoms with Crippen LogP contribution in [-0.4, -0.2) is 33.8 Å². The van der Waals surface area contributed by atoms with E-state index in [0.29, 0.717) is 32.4 Å². The highest BCUT2D eigenvalue weighted by Gasteiger charge is 2.33. The molecule has 1 aliphatic heterocycles. The van der Waals surface area contributed by atoms with E-state index in [1.165, 1.54) is 0 Å². The fourth-order valence-corrected chi connectivity index (χ4v) is 2.12. The summed E-state index contributed by atoms with van der Waals surface area (Å²) in [5.74, 6) is 0.0764. The van der Waals surface area contributed by atoms with Gasteiger partial charge in [-0.1, -0.05) is 0 Å². The van der Waals surface area contributed by atoms with Gasteiger partial charge in [0.1, 0.15) is 5.69 Å². The minimum atomic E-state index is -4.46. The van der Waals surface area contributed by atoms with Gasteiger partial charge >= 0.3 is 6.18 Å². The quantitative estimate of drug-likeness (QED) is 0.854. The van der Waals surface area contributed by atoms with Crippen LogP contribution in [0.25, 0.3) is 0 Å². The zero-order chi connectivity index (χ0) is 14.1. The fraction of sp³-hybridized carbons (Fsp3) is 0.667. The van der Waals surface area contributed by atoms with Crippen LogP contribution in [0.15, 0.2) is 12.3 Å². The van der Waals surface area contributed by atoms with Crippen molar-refractivity contribution in [2.24, 2.45) is 0 Å². The van der Waals surface area contributed by atoms with Crippen molar-refractivity contribution >= 4 is 5.95 Å². The largest absolute Gasteiger partial charge is 0.433 e. The molecule has 19 heavy (non-hydrogen) atoms. The number of alkyl halides is 3. The average Bonchev–Trinajstić information content (AvgIpc) is 2.49. The lowest BCUT2D eigenvalue weighted by atomic mass is 9.98. The Hall–Kier alpha value is -1.37. The third-order valence-electron chi connectivity index (χ3n) is 3.28. The maximum atomic E-state index is 12.6. The molecule has 0 radical (unpaired) electrons. The van der Waals surface area contributed by atoms with Gasteiger partial charge < -0.3 is 10.0 Å². The van der Waals surface area contributed by atoms with Crippen molar-refractivity contribution in [3.05, 3.63) is 18.0 Å². The van der Waals surface area contributed by atoms with E-state index < -0.39 is 17.5 Å². The van der Waals surface area contributed by atoms with Gasteiger partial charge in [-0.05, 0) is 32.3 Å². The first-order valence-electron chi connectivity index (χ1n) is 6.15. The summed E-state index contributed by atoms with van der Waals surface area (Å²) in [6.45, 7) is 2.75. The molecule has 1 unspecified atom stereocenters. The molecule has 1 aromatic rings. The maximum Gasteiger partial charge on any atom is 0.433 e. The first kappa shape index (κ1) is 14.0. The van der Waals surface area contributed by atoms with E-state index >= 15 is 0 Å². The number of rotatable bonds is 1. The topological polar surface area (TPSA) is 49.2 Å². The van der Waals surface area contributed by atoms with Gasteiger partial charge in [0.25, 0.3) is 0 Å². The van der Waals surface area contributed by atoms with Gasteiger partial charge in [-0.25, -0.2) is 9.97 Å². The van der Waals surface area contributed by atoms with Crippen LogP contribution >= 0.6 is 0 Å². The Morgan fingerprint density at radius 3 is 2.74 bits per heavy atom. The molecular weight excluding hydrogens is 259 g/mol. The Bertz CT molecular complexity index is 448. The van der Waals surface area contributed by atoms with Crippen molar-refractivity contribution in [3.63, 3.8) is 0 Å². The summed E-state index contributed by atoms with van der Waals surface area (Å²) < 4.78 is 37.8. The molecule has 2 heterocycles. The normalized spacial score (nSPS) is 25.2. The van der Waals surface area contributed by atoms with E-state index in [-0.39, 0.29) is 5.95 Å². The molecule has 7 heteroatoms. The minimum absolute atomic E-state index is 0.0764. The SMILES string of the molecule is CC1(O)CCCN(c2nccc(C(F)(F)F)n2)CC1. The van der Waals surface area contributed by atoms with E-state index in [1.54, 1.807) is 11.8 Å². The highest BCUT2D eigenvalue weighted by atomic mass is 19.4. The van der Waals surface area contributed by atoms with E-state index in [9.17, 15) is 18.3 Å². The van der Waals surface area contributed by atoms with Crippen molar-refractivity contribution in [1.82, 2.24) is 9.97 Å². The molecule has 0 aliphatic carbocycles. The van der Waals surface area contributed by atoms with Crippen LogP contribution in [0.2, 0.25) is 0 Å². The van der Waals surface area contributed by atoms with Gasteiger partial charge in [0, 0.05) is 19.3 Å². The van der Waals surface area contributed by atoms with Gasteiger partial charge in [0.05, 0.1) is 5.60 Å². The monoisotopic (exact) mass is 275 g/mol. The number of hydrogen-bond donors (Lipinski definition) is 1. The van der Waals surface area contributed by atoms with Gasteiger partial charge in [0.15, 0.2) is 0 Å². The molecule has 1 aliphatic rings. The van der Waals surface area contributed by atoms with Crippen molar-refractivity contribution in [2.45, 2.75) is 38.0 Å². The van der Waals surface area contributed by atoms with E-state index in [0.717, 1.165) is 12.3 Å². The van der Waals surface area contributed by atoms with Crippen LogP contribution in [0.4, 0.5) is 19.1 Å². The molecule has 1 aromatic heterocycles. The fourth-order valence-electron chi connectivity index (χ4n) is 2.12. The predicted molar refractivity (Wildman–Crippen MR) is 63.7 cm³/mol. The van der Waals surface area contributed by atoms with Crippen molar-refractivity contribution in [3.8, 4) is 0 Å². The second kappa shape index (κ2) is 4.96. The third kappa shape index (κ3) is 3.56. The smallest absolute Gasteiger partial charge is 0.390 e. The first-order chi connectivity index (χ1) is 8.78. The summed E-state index contributed by atoms with van der Waals surface area (Å²) >= 11 is 0. The Morgan fingerprint density at radius 1 is 1.32 bits per heavy atom. The summed E-state index contributed by atoms with van der Waals surface area (Å²) in [5.41, 5.74) is -1.70. The number of nitrogens with zero attached hydrogens (tertiary/aromatic N) is 3. The number of anilines is 1. The molecule has 0 saturated carbocycles. The Kier molecular flexibility index (Phi) is 3.66. The molecule has 0 aromatic carbocycles. The van der Waals surface area contributed by atoms with Gasteiger partial charge in [-0.15, -0.1) is 0 Å².